The van der Waals surface area contributed by atoms with Crippen molar-refractivity contribution in [3.63, 3.8) is 0 Å². The summed E-state index contributed by atoms with van der Waals surface area (Å²) in [7, 11) is 0. The van der Waals surface area contributed by atoms with Gasteiger partial charge in [0.05, 0.1) is 0 Å². The Bertz CT molecular complexity index is 305. The van der Waals surface area contributed by atoms with Crippen LogP contribution in [0.1, 0.15) is 90.9 Å². The van der Waals surface area contributed by atoms with Crippen LogP contribution in [0.3, 0.4) is 0 Å². The van der Waals surface area contributed by atoms with Gasteiger partial charge in [0.15, 0.2) is 12.5 Å². The molecule has 0 aromatic rings. The fourth-order valence-corrected chi connectivity index (χ4v) is 2.39. The van der Waals surface area contributed by atoms with Gasteiger partial charge < -0.3 is 9.47 Å². The predicted molar refractivity (Wildman–Crippen MR) is 94.9 cm³/mol. The fraction of sp³-hybridized carbons (Fsp3) is 0.889. The maximum Gasteiger partial charge on any atom is 0.419 e. The van der Waals surface area contributed by atoms with E-state index in [9.17, 15) is 9.59 Å². The second kappa shape index (κ2) is 15.4. The van der Waals surface area contributed by atoms with Crippen LogP contribution in [0, 0.1) is 0 Å². The summed E-state index contributed by atoms with van der Waals surface area (Å²) in [6.07, 6.45) is 10.4. The molecule has 0 fully saturated rings. The number of carbonyl (C=O) groups excluding carboxylic acids is 2. The third kappa shape index (κ3) is 13.3. The Morgan fingerprint density at radius 1 is 0.667 bits per heavy atom. The molecular weight excluding hydrogens is 308 g/mol. The maximum absolute atomic E-state index is 11.6. The molecule has 0 aromatic carbocycles. The normalized spacial score (nSPS) is 13.3. The molecule has 0 bridgehead atoms. The summed E-state index contributed by atoms with van der Waals surface area (Å²) in [5.41, 5.74) is 11.4. The molecular formula is C18H36N2O4. The fourth-order valence-electron chi connectivity index (χ4n) is 2.39. The van der Waals surface area contributed by atoms with Crippen molar-refractivity contribution in [2.45, 2.75) is 103 Å². The number of rotatable bonds is 14. The molecule has 0 saturated heterocycles. The molecule has 0 heterocycles. The van der Waals surface area contributed by atoms with Crippen LogP contribution in [-0.2, 0) is 19.1 Å². The highest BCUT2D eigenvalue weighted by Crippen LogP contribution is 2.09. The first-order valence-electron chi connectivity index (χ1n) is 9.44. The van der Waals surface area contributed by atoms with Crippen molar-refractivity contribution in [1.29, 1.82) is 0 Å². The van der Waals surface area contributed by atoms with Crippen LogP contribution in [0.15, 0.2) is 0 Å². The van der Waals surface area contributed by atoms with Crippen LogP contribution in [0.2, 0.25) is 0 Å². The first kappa shape index (κ1) is 22.9. The zero-order valence-electron chi connectivity index (χ0n) is 15.4. The van der Waals surface area contributed by atoms with Crippen molar-refractivity contribution in [2.24, 2.45) is 11.5 Å². The van der Waals surface area contributed by atoms with Crippen molar-refractivity contribution in [3.8, 4) is 0 Å². The van der Waals surface area contributed by atoms with E-state index in [0.29, 0.717) is 12.8 Å². The molecule has 4 N–H and O–H groups in total. The summed E-state index contributed by atoms with van der Waals surface area (Å²) in [4.78, 5) is 23.2. The Hall–Kier alpha value is -1.14. The van der Waals surface area contributed by atoms with Gasteiger partial charge in [0.25, 0.3) is 0 Å². The average Bonchev–Trinajstić information content (AvgIpc) is 2.54. The first-order valence-corrected chi connectivity index (χ1v) is 9.44. The van der Waals surface area contributed by atoms with Crippen molar-refractivity contribution in [2.75, 3.05) is 0 Å². The Morgan fingerprint density at radius 2 is 1.00 bits per heavy atom. The van der Waals surface area contributed by atoms with Gasteiger partial charge in [-0.15, -0.1) is 0 Å². The minimum Gasteiger partial charge on any atom is -0.438 e. The largest absolute Gasteiger partial charge is 0.438 e. The van der Waals surface area contributed by atoms with Gasteiger partial charge in [-0.3, -0.25) is 11.5 Å². The molecule has 0 amide bonds. The number of esters is 2. The Morgan fingerprint density at radius 3 is 1.33 bits per heavy atom. The standard InChI is InChI=1S/C18H36N2O4/c1-3-5-7-9-11-13-15(19)23-17(21)18(22)24-16(20)14-12-10-8-6-4-2/h15-16H,3-14,19-20H2,1-2H3. The number of hydrogen-bond donors (Lipinski definition) is 2. The second-order valence-electron chi connectivity index (χ2n) is 6.29. The van der Waals surface area contributed by atoms with E-state index < -0.39 is 24.4 Å². The molecule has 2 atom stereocenters. The molecule has 6 nitrogen and oxygen atoms in total. The van der Waals surface area contributed by atoms with Gasteiger partial charge in [0, 0.05) is 0 Å². The zero-order valence-corrected chi connectivity index (χ0v) is 15.4. The van der Waals surface area contributed by atoms with E-state index in [0.717, 1.165) is 38.5 Å². The van der Waals surface area contributed by atoms with Gasteiger partial charge in [-0.25, -0.2) is 9.59 Å². The summed E-state index contributed by atoms with van der Waals surface area (Å²) in [6.45, 7) is 4.30. The highest BCUT2D eigenvalue weighted by atomic mass is 16.6. The molecule has 0 aromatic heterocycles. The lowest BCUT2D eigenvalue weighted by Gasteiger charge is -2.15. The molecule has 142 valence electrons. The SMILES string of the molecule is CCCCCCCC(N)OC(=O)C(=O)OC(N)CCCCCCC. The minimum absolute atomic E-state index is 0.548. The highest BCUT2D eigenvalue weighted by molar-refractivity contribution is 6.29. The second-order valence-corrected chi connectivity index (χ2v) is 6.29. The quantitative estimate of drug-likeness (QED) is 0.217. The van der Waals surface area contributed by atoms with Crippen LogP contribution in [-0.4, -0.2) is 24.4 Å². The lowest BCUT2D eigenvalue weighted by Crippen LogP contribution is -2.35. The van der Waals surface area contributed by atoms with E-state index in [1.165, 1.54) is 25.7 Å². The number of hydrogen-bond acceptors (Lipinski definition) is 6. The number of unbranched alkanes of at least 4 members (excludes halogenated alkanes) is 8. The maximum atomic E-state index is 11.6. The highest BCUT2D eigenvalue weighted by Gasteiger charge is 2.22. The molecule has 0 aliphatic rings. The van der Waals surface area contributed by atoms with E-state index in [4.69, 9.17) is 20.9 Å². The van der Waals surface area contributed by atoms with Crippen LogP contribution >= 0.6 is 0 Å². The molecule has 0 aliphatic carbocycles. The molecule has 0 saturated carbocycles. The van der Waals surface area contributed by atoms with E-state index >= 15 is 0 Å². The number of nitrogens with two attached hydrogens (primary N) is 2. The number of carbonyl (C=O) groups is 2. The number of ether oxygens (including phenoxy) is 2. The van der Waals surface area contributed by atoms with E-state index in [1.54, 1.807) is 0 Å². The molecule has 24 heavy (non-hydrogen) atoms. The molecule has 0 rings (SSSR count). The first-order chi connectivity index (χ1) is 11.5. The summed E-state index contributed by atoms with van der Waals surface area (Å²) < 4.78 is 9.77. The van der Waals surface area contributed by atoms with E-state index in [-0.39, 0.29) is 0 Å². The average molecular weight is 344 g/mol. The van der Waals surface area contributed by atoms with Gasteiger partial charge in [0.2, 0.25) is 0 Å². The van der Waals surface area contributed by atoms with Crippen LogP contribution in [0.5, 0.6) is 0 Å². The van der Waals surface area contributed by atoms with Crippen LogP contribution in [0.25, 0.3) is 0 Å². The monoisotopic (exact) mass is 344 g/mol. The van der Waals surface area contributed by atoms with E-state index in [2.05, 4.69) is 13.8 Å². The van der Waals surface area contributed by atoms with Crippen molar-refractivity contribution < 1.29 is 19.1 Å². The van der Waals surface area contributed by atoms with Crippen molar-refractivity contribution >= 4 is 11.9 Å². The molecule has 0 radical (unpaired) electrons. The Balaban J connectivity index is 3.78. The van der Waals surface area contributed by atoms with E-state index in [1.807, 2.05) is 0 Å². The van der Waals surface area contributed by atoms with Crippen LogP contribution < -0.4 is 11.5 Å². The Labute approximate surface area is 146 Å². The lowest BCUT2D eigenvalue weighted by atomic mass is 10.1. The topological polar surface area (TPSA) is 105 Å². The summed E-state index contributed by atoms with van der Waals surface area (Å²) in [6, 6.07) is 0. The van der Waals surface area contributed by atoms with Gasteiger partial charge in [0.1, 0.15) is 0 Å². The third-order valence-electron chi connectivity index (χ3n) is 3.87. The van der Waals surface area contributed by atoms with Crippen LogP contribution in [0.4, 0.5) is 0 Å². The summed E-state index contributed by atoms with van der Waals surface area (Å²) in [5.74, 6) is -2.12. The van der Waals surface area contributed by atoms with Gasteiger partial charge in [-0.2, -0.15) is 0 Å². The minimum atomic E-state index is -1.06. The Kier molecular flexibility index (Phi) is 14.7. The predicted octanol–water partition coefficient (Wildman–Crippen LogP) is 3.36. The van der Waals surface area contributed by atoms with Gasteiger partial charge in [-0.05, 0) is 25.7 Å². The summed E-state index contributed by atoms with van der Waals surface area (Å²) in [5, 5.41) is 0. The van der Waals surface area contributed by atoms with Crippen molar-refractivity contribution in [3.05, 3.63) is 0 Å². The van der Waals surface area contributed by atoms with Gasteiger partial charge in [-0.1, -0.05) is 65.2 Å². The molecule has 0 aliphatic heterocycles. The molecule has 6 heteroatoms. The van der Waals surface area contributed by atoms with Crippen molar-refractivity contribution in [1.82, 2.24) is 0 Å². The molecule has 0 spiro atoms. The lowest BCUT2D eigenvalue weighted by molar-refractivity contribution is -0.174. The summed E-state index contributed by atoms with van der Waals surface area (Å²) >= 11 is 0. The smallest absolute Gasteiger partial charge is 0.419 e. The third-order valence-corrected chi connectivity index (χ3v) is 3.87. The van der Waals surface area contributed by atoms with Gasteiger partial charge >= 0.3 is 11.9 Å². The zero-order chi connectivity index (χ0) is 18.2. The molecule has 2 unspecified atom stereocenters.